The summed E-state index contributed by atoms with van der Waals surface area (Å²) in [5, 5.41) is 8.15. The lowest BCUT2D eigenvalue weighted by atomic mass is 10.2. The van der Waals surface area contributed by atoms with Gasteiger partial charge in [0.05, 0.1) is 17.0 Å². The van der Waals surface area contributed by atoms with E-state index < -0.39 is 21.1 Å². The van der Waals surface area contributed by atoms with Crippen molar-refractivity contribution in [1.82, 2.24) is 4.98 Å². The summed E-state index contributed by atoms with van der Waals surface area (Å²) in [7, 11) is -3.19. The monoisotopic (exact) mass is 247 g/mol. The number of carboxylic acids is 1. The van der Waals surface area contributed by atoms with Gasteiger partial charge in [0, 0.05) is 0 Å². The molecule has 0 radical (unpaired) electrons. The molecule has 1 atom stereocenters. The molecular weight excluding hydrogens is 238 g/mol. The van der Waals surface area contributed by atoms with E-state index in [1.165, 1.54) is 5.51 Å². The van der Waals surface area contributed by atoms with Crippen LogP contribution in [0.25, 0.3) is 0 Å². The Labute approximate surface area is 90.7 Å². The van der Waals surface area contributed by atoms with E-state index in [0.717, 1.165) is 11.3 Å². The highest BCUT2D eigenvalue weighted by molar-refractivity contribution is 7.91. The van der Waals surface area contributed by atoms with Gasteiger partial charge in [-0.2, -0.15) is 0 Å². The minimum atomic E-state index is -3.19. The molecule has 1 fully saturated rings. The molecule has 0 spiro atoms. The Morgan fingerprint density at radius 2 is 2.33 bits per heavy atom. The summed E-state index contributed by atoms with van der Waals surface area (Å²) in [6.45, 7) is 0. The van der Waals surface area contributed by atoms with Gasteiger partial charge in [-0.1, -0.05) is 0 Å². The first-order valence-electron chi connectivity index (χ1n) is 4.40. The minimum absolute atomic E-state index is 0.0467. The van der Waals surface area contributed by atoms with Crippen LogP contribution in [0.5, 0.6) is 0 Å². The minimum Gasteiger partial charge on any atom is -0.477 e. The number of nitrogens with zero attached hydrogens (tertiary/aromatic N) is 1. The summed E-state index contributed by atoms with van der Waals surface area (Å²) in [5.74, 6) is -0.969. The number of aromatic carboxylic acids is 1. The largest absolute Gasteiger partial charge is 0.477 e. The van der Waals surface area contributed by atoms with Crippen molar-refractivity contribution in [2.45, 2.75) is 18.1 Å². The first-order chi connectivity index (χ1) is 7.02. The number of aromatic nitrogens is 1. The molecule has 0 saturated carbocycles. The number of thiazole rings is 1. The van der Waals surface area contributed by atoms with Crippen molar-refractivity contribution in [3.63, 3.8) is 0 Å². The average molecular weight is 247 g/mol. The fraction of sp³-hybridized carbons (Fsp3) is 0.500. The quantitative estimate of drug-likeness (QED) is 0.845. The van der Waals surface area contributed by atoms with Crippen molar-refractivity contribution in [2.75, 3.05) is 5.75 Å². The number of rotatable bonds is 2. The lowest BCUT2D eigenvalue weighted by Gasteiger charge is -2.06. The summed E-state index contributed by atoms with van der Waals surface area (Å²) in [4.78, 5) is 14.7. The summed E-state index contributed by atoms with van der Waals surface area (Å²) < 4.78 is 23.2. The van der Waals surface area contributed by atoms with Crippen LogP contribution in [0, 0.1) is 0 Å². The highest BCUT2D eigenvalue weighted by Crippen LogP contribution is 2.36. The van der Waals surface area contributed by atoms with E-state index >= 15 is 0 Å². The summed E-state index contributed by atoms with van der Waals surface area (Å²) in [6, 6.07) is 0. The van der Waals surface area contributed by atoms with E-state index in [9.17, 15) is 13.2 Å². The fourth-order valence-electron chi connectivity index (χ4n) is 1.74. The Morgan fingerprint density at radius 1 is 1.60 bits per heavy atom. The summed E-state index contributed by atoms with van der Waals surface area (Å²) in [6.07, 6.45) is 1.07. The molecule has 0 aromatic carbocycles. The highest BCUT2D eigenvalue weighted by Gasteiger charge is 2.36. The van der Waals surface area contributed by atoms with E-state index in [1.54, 1.807) is 0 Å². The molecule has 1 saturated heterocycles. The van der Waals surface area contributed by atoms with Gasteiger partial charge in [-0.05, 0) is 12.8 Å². The first-order valence-corrected chi connectivity index (χ1v) is 7.00. The van der Waals surface area contributed by atoms with Crippen LogP contribution in [-0.4, -0.2) is 30.2 Å². The molecule has 2 rings (SSSR count). The van der Waals surface area contributed by atoms with Crippen molar-refractivity contribution in [2.24, 2.45) is 0 Å². The second-order valence-corrected chi connectivity index (χ2v) is 6.53. The molecule has 1 aromatic rings. The first kappa shape index (κ1) is 10.6. The van der Waals surface area contributed by atoms with Gasteiger partial charge < -0.3 is 5.11 Å². The van der Waals surface area contributed by atoms with Gasteiger partial charge in [0.1, 0.15) is 10.1 Å². The van der Waals surface area contributed by atoms with Crippen LogP contribution in [0.2, 0.25) is 0 Å². The van der Waals surface area contributed by atoms with Gasteiger partial charge in [0.15, 0.2) is 9.84 Å². The maximum Gasteiger partial charge on any atom is 0.347 e. The van der Waals surface area contributed by atoms with Crippen LogP contribution in [-0.2, 0) is 9.84 Å². The average Bonchev–Trinajstić information content (AvgIpc) is 2.69. The van der Waals surface area contributed by atoms with Crippen molar-refractivity contribution >= 4 is 27.1 Å². The van der Waals surface area contributed by atoms with Gasteiger partial charge in [-0.15, -0.1) is 11.3 Å². The third-order valence-electron chi connectivity index (χ3n) is 2.42. The molecule has 1 aliphatic heterocycles. The van der Waals surface area contributed by atoms with Gasteiger partial charge in [-0.3, -0.25) is 0 Å². The van der Waals surface area contributed by atoms with Gasteiger partial charge in [0.2, 0.25) is 0 Å². The van der Waals surface area contributed by atoms with Crippen LogP contribution < -0.4 is 0 Å². The zero-order valence-electron chi connectivity index (χ0n) is 7.71. The Morgan fingerprint density at radius 3 is 2.87 bits per heavy atom. The molecule has 0 aliphatic carbocycles. The molecule has 7 heteroatoms. The van der Waals surface area contributed by atoms with E-state index in [0.29, 0.717) is 12.8 Å². The smallest absolute Gasteiger partial charge is 0.347 e. The van der Waals surface area contributed by atoms with E-state index in [-0.39, 0.29) is 16.3 Å². The SMILES string of the molecule is O=C(O)c1scnc1C1CCCS1(=O)=O. The van der Waals surface area contributed by atoms with Crippen molar-refractivity contribution in [3.05, 3.63) is 16.1 Å². The van der Waals surface area contributed by atoms with Crippen LogP contribution in [0.1, 0.15) is 33.5 Å². The van der Waals surface area contributed by atoms with Crippen molar-refractivity contribution < 1.29 is 18.3 Å². The second-order valence-electron chi connectivity index (χ2n) is 3.37. The van der Waals surface area contributed by atoms with E-state index in [1.807, 2.05) is 0 Å². The van der Waals surface area contributed by atoms with Crippen LogP contribution in [0.3, 0.4) is 0 Å². The number of carbonyl (C=O) groups is 1. The fourth-order valence-corrected chi connectivity index (χ4v) is 4.40. The molecular formula is C8H9NO4S2. The van der Waals surface area contributed by atoms with E-state index in [4.69, 9.17) is 5.11 Å². The maximum absolute atomic E-state index is 11.6. The van der Waals surface area contributed by atoms with Crippen molar-refractivity contribution in [3.8, 4) is 0 Å². The molecule has 5 nitrogen and oxygen atoms in total. The normalized spacial score (nSPS) is 24.1. The molecule has 82 valence electrons. The third-order valence-corrected chi connectivity index (χ3v) is 5.44. The Bertz CT molecular complexity index is 490. The third kappa shape index (κ3) is 1.76. The molecule has 1 aromatic heterocycles. The molecule has 1 N–H and O–H groups in total. The molecule has 15 heavy (non-hydrogen) atoms. The molecule has 1 unspecified atom stereocenters. The van der Waals surface area contributed by atoms with Crippen LogP contribution in [0.4, 0.5) is 0 Å². The Balaban J connectivity index is 2.46. The summed E-state index contributed by atoms with van der Waals surface area (Å²) >= 11 is 0.970. The predicted molar refractivity (Wildman–Crippen MR) is 54.8 cm³/mol. The standard InChI is InChI=1S/C8H9NO4S2/c10-8(11)7-6(9-4-14-7)5-2-1-3-15(5,12)13/h4-5H,1-3H2,(H,10,11). The number of carboxylic acid groups (broad SMARTS) is 1. The zero-order valence-corrected chi connectivity index (χ0v) is 9.34. The predicted octanol–water partition coefficient (Wildman–Crippen LogP) is 1.09. The van der Waals surface area contributed by atoms with Crippen LogP contribution >= 0.6 is 11.3 Å². The van der Waals surface area contributed by atoms with Crippen LogP contribution in [0.15, 0.2) is 5.51 Å². The Kier molecular flexibility index (Phi) is 2.51. The van der Waals surface area contributed by atoms with E-state index in [2.05, 4.69) is 4.98 Å². The van der Waals surface area contributed by atoms with Gasteiger partial charge >= 0.3 is 5.97 Å². The van der Waals surface area contributed by atoms with Gasteiger partial charge in [0.25, 0.3) is 0 Å². The molecule has 2 heterocycles. The number of hydrogen-bond acceptors (Lipinski definition) is 5. The lowest BCUT2D eigenvalue weighted by molar-refractivity contribution is 0.0700. The number of hydrogen-bond donors (Lipinski definition) is 1. The topological polar surface area (TPSA) is 84.3 Å². The molecule has 0 bridgehead atoms. The van der Waals surface area contributed by atoms with Crippen molar-refractivity contribution in [1.29, 1.82) is 0 Å². The molecule has 1 aliphatic rings. The lowest BCUT2D eigenvalue weighted by Crippen LogP contribution is -2.11. The Hall–Kier alpha value is -0.950. The van der Waals surface area contributed by atoms with Gasteiger partial charge in [-0.25, -0.2) is 18.2 Å². The molecule has 0 amide bonds. The number of sulfone groups is 1. The second kappa shape index (κ2) is 3.57. The maximum atomic E-state index is 11.6. The summed E-state index contributed by atoms with van der Waals surface area (Å²) in [5.41, 5.74) is 1.59. The zero-order chi connectivity index (χ0) is 11.1. The highest BCUT2D eigenvalue weighted by atomic mass is 32.2.